The molecule has 2 aromatic rings. The van der Waals surface area contributed by atoms with Crippen molar-refractivity contribution in [1.29, 1.82) is 0 Å². The monoisotopic (exact) mass is 294 g/mol. The number of fused-ring (bicyclic) bond motifs is 1. The number of benzene rings is 1. The number of aromatic nitrogens is 2. The van der Waals surface area contributed by atoms with Crippen molar-refractivity contribution in [3.05, 3.63) is 30.2 Å². The molecule has 0 fully saturated rings. The zero-order chi connectivity index (χ0) is 13.8. The van der Waals surface area contributed by atoms with Crippen molar-refractivity contribution in [2.45, 2.75) is 11.3 Å². The highest BCUT2D eigenvalue weighted by Crippen LogP contribution is 2.35. The molecule has 2 heterocycles. The third kappa shape index (κ3) is 2.88. The fourth-order valence-electron chi connectivity index (χ4n) is 1.76. The molecule has 1 atom stereocenters. The van der Waals surface area contributed by atoms with Gasteiger partial charge < -0.3 is 18.6 Å². The normalized spacial score (nSPS) is 17.1. The van der Waals surface area contributed by atoms with Gasteiger partial charge in [0, 0.05) is 12.9 Å². The maximum Gasteiger partial charge on any atom is 0.276 e. The summed E-state index contributed by atoms with van der Waals surface area (Å²) in [4.78, 5) is 0. The van der Waals surface area contributed by atoms with E-state index in [0.717, 1.165) is 11.5 Å². The molecule has 106 valence electrons. The van der Waals surface area contributed by atoms with E-state index in [1.807, 2.05) is 24.3 Å². The highest BCUT2D eigenvalue weighted by atomic mass is 32.2. The highest BCUT2D eigenvalue weighted by molar-refractivity contribution is 7.99. The topological polar surface area (TPSA) is 66.6 Å². The average molecular weight is 294 g/mol. The van der Waals surface area contributed by atoms with Gasteiger partial charge in [0.05, 0.1) is 6.61 Å². The molecule has 6 nitrogen and oxygen atoms in total. The number of methoxy groups -OCH3 is 1. The molecule has 20 heavy (non-hydrogen) atoms. The van der Waals surface area contributed by atoms with Crippen molar-refractivity contribution in [3.63, 3.8) is 0 Å². The molecular formula is C13H14N2O4S. The molecule has 1 aliphatic heterocycles. The van der Waals surface area contributed by atoms with Crippen LogP contribution >= 0.6 is 11.8 Å². The van der Waals surface area contributed by atoms with Crippen LogP contribution in [0.15, 0.2) is 33.9 Å². The van der Waals surface area contributed by atoms with E-state index in [0.29, 0.717) is 30.1 Å². The van der Waals surface area contributed by atoms with Crippen LogP contribution in [0.5, 0.6) is 11.5 Å². The van der Waals surface area contributed by atoms with Crippen LogP contribution in [0, 0.1) is 0 Å². The predicted octanol–water partition coefficient (Wildman–Crippen LogP) is 2.32. The standard InChI is InChI=1S/C13H14N2O4S/c1-16-6-7-20-13-15-14-12(19-13)11-8-17-9-4-2-3-5-10(9)18-11/h2-5,11H,6-8H2,1H3. The molecule has 0 spiro atoms. The number of rotatable bonds is 5. The van der Waals surface area contributed by atoms with Crippen molar-refractivity contribution in [2.24, 2.45) is 0 Å². The van der Waals surface area contributed by atoms with Crippen LogP contribution in [0.2, 0.25) is 0 Å². The molecule has 0 bridgehead atoms. The van der Waals surface area contributed by atoms with E-state index < -0.39 is 0 Å². The van der Waals surface area contributed by atoms with Crippen LogP contribution < -0.4 is 9.47 Å². The average Bonchev–Trinajstić information content (AvgIpc) is 2.96. The van der Waals surface area contributed by atoms with Gasteiger partial charge in [0.15, 0.2) is 11.5 Å². The first-order valence-electron chi connectivity index (χ1n) is 6.20. The van der Waals surface area contributed by atoms with E-state index in [4.69, 9.17) is 18.6 Å². The highest BCUT2D eigenvalue weighted by Gasteiger charge is 2.27. The maximum atomic E-state index is 5.80. The minimum absolute atomic E-state index is 0.362. The van der Waals surface area contributed by atoms with E-state index in [1.54, 1.807) is 7.11 Å². The number of para-hydroxylation sites is 2. The number of hydrogen-bond acceptors (Lipinski definition) is 7. The SMILES string of the molecule is COCCSc1nnc(C2COc3ccccc3O2)o1. The van der Waals surface area contributed by atoms with Gasteiger partial charge in [0.2, 0.25) is 6.10 Å². The molecule has 7 heteroatoms. The molecule has 0 saturated carbocycles. The molecule has 0 saturated heterocycles. The summed E-state index contributed by atoms with van der Waals surface area (Å²) in [6.45, 7) is 1.00. The molecule has 0 radical (unpaired) electrons. The lowest BCUT2D eigenvalue weighted by Crippen LogP contribution is -2.21. The quantitative estimate of drug-likeness (QED) is 0.619. The van der Waals surface area contributed by atoms with Gasteiger partial charge in [0.1, 0.15) is 6.61 Å². The van der Waals surface area contributed by atoms with Crippen LogP contribution in [0.4, 0.5) is 0 Å². The smallest absolute Gasteiger partial charge is 0.276 e. The summed E-state index contributed by atoms with van der Waals surface area (Å²) in [6, 6.07) is 7.52. The summed E-state index contributed by atoms with van der Waals surface area (Å²) >= 11 is 1.45. The Balaban J connectivity index is 1.66. The number of hydrogen-bond donors (Lipinski definition) is 0. The van der Waals surface area contributed by atoms with Crippen LogP contribution in [0.1, 0.15) is 12.0 Å². The van der Waals surface area contributed by atoms with Crippen molar-refractivity contribution >= 4 is 11.8 Å². The first-order valence-corrected chi connectivity index (χ1v) is 7.19. The van der Waals surface area contributed by atoms with Crippen LogP contribution in [0.25, 0.3) is 0 Å². The van der Waals surface area contributed by atoms with Gasteiger partial charge in [-0.05, 0) is 12.1 Å². The van der Waals surface area contributed by atoms with Crippen LogP contribution in [0.3, 0.4) is 0 Å². The Hall–Kier alpha value is -1.73. The van der Waals surface area contributed by atoms with Gasteiger partial charge in [-0.25, -0.2) is 0 Å². The van der Waals surface area contributed by atoms with E-state index in [9.17, 15) is 0 Å². The second kappa shape index (κ2) is 6.15. The van der Waals surface area contributed by atoms with Gasteiger partial charge in [-0.2, -0.15) is 0 Å². The Labute approximate surface area is 120 Å². The lowest BCUT2D eigenvalue weighted by Gasteiger charge is -2.23. The van der Waals surface area contributed by atoms with Gasteiger partial charge in [0.25, 0.3) is 11.1 Å². The number of ether oxygens (including phenoxy) is 3. The second-order valence-corrected chi connectivity index (χ2v) is 5.16. The predicted molar refractivity (Wildman–Crippen MR) is 72.2 cm³/mol. The van der Waals surface area contributed by atoms with Crippen LogP contribution in [-0.2, 0) is 4.74 Å². The summed E-state index contributed by atoms with van der Waals surface area (Å²) in [5.41, 5.74) is 0. The Bertz CT molecular complexity index is 575. The fraction of sp³-hybridized carbons (Fsp3) is 0.385. The van der Waals surface area contributed by atoms with Crippen molar-refractivity contribution in [2.75, 3.05) is 26.1 Å². The van der Waals surface area contributed by atoms with E-state index >= 15 is 0 Å². The Morgan fingerprint density at radius 3 is 3.00 bits per heavy atom. The molecule has 3 rings (SSSR count). The zero-order valence-electron chi connectivity index (χ0n) is 10.9. The van der Waals surface area contributed by atoms with Gasteiger partial charge in [-0.15, -0.1) is 10.2 Å². The number of thioether (sulfide) groups is 1. The molecular weight excluding hydrogens is 280 g/mol. The summed E-state index contributed by atoms with van der Waals surface area (Å²) in [6.07, 6.45) is -0.367. The first kappa shape index (κ1) is 13.3. The van der Waals surface area contributed by atoms with Crippen molar-refractivity contribution < 1.29 is 18.6 Å². The summed E-state index contributed by atoms with van der Waals surface area (Å²) in [5, 5.41) is 8.50. The third-order valence-corrected chi connectivity index (χ3v) is 3.50. The van der Waals surface area contributed by atoms with Crippen LogP contribution in [-0.4, -0.2) is 36.3 Å². The maximum absolute atomic E-state index is 5.80. The van der Waals surface area contributed by atoms with E-state index in [1.165, 1.54) is 11.8 Å². The van der Waals surface area contributed by atoms with Gasteiger partial charge >= 0.3 is 0 Å². The number of nitrogens with zero attached hydrogens (tertiary/aromatic N) is 2. The van der Waals surface area contributed by atoms with E-state index in [-0.39, 0.29) is 6.10 Å². The molecule has 0 N–H and O–H groups in total. The molecule has 1 aromatic carbocycles. The molecule has 1 aromatic heterocycles. The Morgan fingerprint density at radius 1 is 1.30 bits per heavy atom. The summed E-state index contributed by atoms with van der Waals surface area (Å²) in [7, 11) is 1.66. The van der Waals surface area contributed by atoms with Crippen molar-refractivity contribution in [3.8, 4) is 11.5 Å². The first-order chi connectivity index (χ1) is 9.86. The Kier molecular flexibility index (Phi) is 4.08. The van der Waals surface area contributed by atoms with Gasteiger partial charge in [-0.3, -0.25) is 0 Å². The minimum atomic E-state index is -0.367. The lowest BCUT2D eigenvalue weighted by molar-refractivity contribution is 0.0686. The van der Waals surface area contributed by atoms with E-state index in [2.05, 4.69) is 10.2 Å². The lowest BCUT2D eigenvalue weighted by atomic mass is 10.2. The van der Waals surface area contributed by atoms with Crippen molar-refractivity contribution in [1.82, 2.24) is 10.2 Å². The zero-order valence-corrected chi connectivity index (χ0v) is 11.8. The molecule has 0 amide bonds. The third-order valence-electron chi connectivity index (χ3n) is 2.72. The summed E-state index contributed by atoms with van der Waals surface area (Å²) in [5.74, 6) is 2.62. The molecule has 0 aliphatic carbocycles. The van der Waals surface area contributed by atoms with Gasteiger partial charge in [-0.1, -0.05) is 23.9 Å². The Morgan fingerprint density at radius 2 is 2.15 bits per heavy atom. The molecule has 1 unspecified atom stereocenters. The fourth-order valence-corrected chi connectivity index (χ4v) is 2.43. The second-order valence-electron chi connectivity index (χ2n) is 4.11. The minimum Gasteiger partial charge on any atom is -0.485 e. The molecule has 1 aliphatic rings. The largest absolute Gasteiger partial charge is 0.485 e. The summed E-state index contributed by atoms with van der Waals surface area (Å²) < 4.78 is 22.0.